The molecule has 1 aromatic heterocycles. The molecule has 3 fully saturated rings. The summed E-state index contributed by atoms with van der Waals surface area (Å²) in [4.78, 5) is 9.12. The summed E-state index contributed by atoms with van der Waals surface area (Å²) in [5.74, 6) is 0.571. The zero-order valence-corrected chi connectivity index (χ0v) is 18.2. The molecular weight excluding hydrogens is 443 g/mol. The maximum atomic E-state index is 13.6. The predicted octanol–water partition coefficient (Wildman–Crippen LogP) is 3.43. The first-order valence-corrected chi connectivity index (χ1v) is 11.8. The van der Waals surface area contributed by atoms with E-state index in [0.29, 0.717) is 39.1 Å². The topological polar surface area (TPSA) is 93.1 Å². The van der Waals surface area contributed by atoms with Crippen molar-refractivity contribution in [2.75, 3.05) is 11.4 Å². The van der Waals surface area contributed by atoms with Crippen molar-refractivity contribution in [3.63, 3.8) is 0 Å². The average Bonchev–Trinajstić information content (AvgIpc) is 3.10. The molecule has 1 unspecified atom stereocenters. The third-order valence-electron chi connectivity index (χ3n) is 7.41. The number of halogens is 3. The van der Waals surface area contributed by atoms with Gasteiger partial charge < -0.3 is 9.88 Å². The summed E-state index contributed by atoms with van der Waals surface area (Å²) in [6.45, 7) is 1.34. The number of nitrogens with zero attached hydrogens (tertiary/aromatic N) is 4. The number of benzene rings is 1. The molecular formula is C21H22F3N5O2S. The van der Waals surface area contributed by atoms with Gasteiger partial charge in [0.2, 0.25) is 0 Å². The van der Waals surface area contributed by atoms with Crippen LogP contribution in [0.2, 0.25) is 0 Å². The van der Waals surface area contributed by atoms with Crippen LogP contribution >= 0.6 is 0 Å². The monoisotopic (exact) mass is 465 g/mol. The molecule has 6 rings (SSSR count). The Labute approximate surface area is 183 Å². The summed E-state index contributed by atoms with van der Waals surface area (Å²) in [5, 5.41) is 9.46. The SMILES string of the molecule is Cc1c(C#N)ccc2c1CN(S(=O)(=O)C(F)(F)F)CC(C13CC(C1)C3)N2Cc1cnc[nH]1. The molecule has 1 N–H and O–H groups in total. The molecule has 2 bridgehead atoms. The van der Waals surface area contributed by atoms with E-state index < -0.39 is 28.1 Å². The highest BCUT2D eigenvalue weighted by atomic mass is 32.2. The summed E-state index contributed by atoms with van der Waals surface area (Å²) in [7, 11) is -5.54. The second kappa shape index (κ2) is 6.96. The Morgan fingerprint density at radius 2 is 2.03 bits per heavy atom. The fourth-order valence-corrected chi connectivity index (χ4v) is 6.52. The number of imidazole rings is 1. The number of sulfonamides is 1. The molecule has 1 aromatic carbocycles. The van der Waals surface area contributed by atoms with Crippen molar-refractivity contribution in [3.05, 3.63) is 47.0 Å². The average molecular weight is 466 g/mol. The minimum absolute atomic E-state index is 0.201. The van der Waals surface area contributed by atoms with Crippen LogP contribution < -0.4 is 4.90 Å². The van der Waals surface area contributed by atoms with E-state index >= 15 is 0 Å². The number of aromatic amines is 1. The smallest absolute Gasteiger partial charge is 0.361 e. The van der Waals surface area contributed by atoms with Crippen LogP contribution in [0, 0.1) is 29.6 Å². The molecule has 0 amide bonds. The Hall–Kier alpha value is -2.58. The van der Waals surface area contributed by atoms with Crippen LogP contribution in [-0.2, 0) is 23.1 Å². The lowest BCUT2D eigenvalue weighted by molar-refractivity contribution is -0.129. The molecule has 2 aromatic rings. The number of aromatic nitrogens is 2. The first kappa shape index (κ1) is 21.3. The maximum absolute atomic E-state index is 13.6. The van der Waals surface area contributed by atoms with E-state index in [1.54, 1.807) is 25.3 Å². The lowest BCUT2D eigenvalue weighted by atomic mass is 9.41. The van der Waals surface area contributed by atoms with E-state index in [1.165, 1.54) is 6.33 Å². The Bertz CT molecular complexity index is 1190. The number of rotatable bonds is 4. The fourth-order valence-electron chi connectivity index (χ4n) is 5.59. The van der Waals surface area contributed by atoms with Crippen molar-refractivity contribution in [1.29, 1.82) is 5.26 Å². The van der Waals surface area contributed by atoms with Crippen molar-refractivity contribution in [1.82, 2.24) is 14.3 Å². The van der Waals surface area contributed by atoms with Crippen molar-refractivity contribution < 1.29 is 21.6 Å². The molecule has 3 aliphatic carbocycles. The molecule has 0 saturated heterocycles. The Kier molecular flexibility index (Phi) is 4.63. The highest BCUT2D eigenvalue weighted by Crippen LogP contribution is 2.67. The highest BCUT2D eigenvalue weighted by Gasteiger charge is 2.63. The van der Waals surface area contributed by atoms with Gasteiger partial charge >= 0.3 is 15.5 Å². The normalized spacial score (nSPS) is 27.7. The van der Waals surface area contributed by atoms with E-state index in [9.17, 15) is 26.9 Å². The van der Waals surface area contributed by atoms with Crippen LogP contribution in [0.4, 0.5) is 18.9 Å². The minimum atomic E-state index is -5.54. The molecule has 1 atom stereocenters. The number of nitrogens with one attached hydrogen (secondary N) is 1. The Balaban J connectivity index is 1.68. The molecule has 0 spiro atoms. The van der Waals surface area contributed by atoms with Gasteiger partial charge in [-0.25, -0.2) is 13.4 Å². The summed E-state index contributed by atoms with van der Waals surface area (Å²) in [5.41, 5.74) is -2.89. The molecule has 32 heavy (non-hydrogen) atoms. The number of alkyl halides is 3. The first-order valence-electron chi connectivity index (χ1n) is 10.4. The Morgan fingerprint density at radius 1 is 1.31 bits per heavy atom. The second-order valence-corrected chi connectivity index (χ2v) is 11.1. The quantitative estimate of drug-likeness (QED) is 0.747. The van der Waals surface area contributed by atoms with Gasteiger partial charge in [0.05, 0.1) is 30.2 Å². The summed E-state index contributed by atoms with van der Waals surface area (Å²) in [6.07, 6.45) is 5.86. The van der Waals surface area contributed by atoms with E-state index in [2.05, 4.69) is 16.0 Å². The van der Waals surface area contributed by atoms with Gasteiger partial charge in [-0.3, -0.25) is 0 Å². The van der Waals surface area contributed by atoms with Crippen molar-refractivity contribution in [2.24, 2.45) is 11.3 Å². The highest BCUT2D eigenvalue weighted by molar-refractivity contribution is 7.89. The van der Waals surface area contributed by atoms with Crippen molar-refractivity contribution in [3.8, 4) is 6.07 Å². The van der Waals surface area contributed by atoms with Gasteiger partial charge in [-0.15, -0.1) is 0 Å². The van der Waals surface area contributed by atoms with Gasteiger partial charge in [-0.2, -0.15) is 22.7 Å². The van der Waals surface area contributed by atoms with Crippen molar-refractivity contribution in [2.45, 2.75) is 50.8 Å². The van der Waals surface area contributed by atoms with Gasteiger partial charge in [0, 0.05) is 31.0 Å². The van der Waals surface area contributed by atoms with Crippen LogP contribution in [0.25, 0.3) is 0 Å². The van der Waals surface area contributed by atoms with E-state index in [-0.39, 0.29) is 12.0 Å². The zero-order chi connectivity index (χ0) is 22.9. The lowest BCUT2D eigenvalue weighted by Crippen LogP contribution is -2.66. The van der Waals surface area contributed by atoms with E-state index in [0.717, 1.165) is 25.0 Å². The molecule has 7 nitrogen and oxygen atoms in total. The van der Waals surface area contributed by atoms with Gasteiger partial charge in [-0.05, 0) is 60.8 Å². The summed E-state index contributed by atoms with van der Waals surface area (Å²) in [6, 6.07) is 5.03. The largest absolute Gasteiger partial charge is 0.511 e. The van der Waals surface area contributed by atoms with E-state index in [1.807, 2.05) is 4.90 Å². The number of H-pyrrole nitrogens is 1. The van der Waals surface area contributed by atoms with Crippen molar-refractivity contribution >= 4 is 15.7 Å². The lowest BCUT2D eigenvalue weighted by Gasteiger charge is -2.67. The summed E-state index contributed by atoms with van der Waals surface area (Å²) < 4.78 is 66.5. The van der Waals surface area contributed by atoms with E-state index in [4.69, 9.17) is 0 Å². The Morgan fingerprint density at radius 3 is 2.56 bits per heavy atom. The van der Waals surface area contributed by atoms with Gasteiger partial charge in [-0.1, -0.05) is 0 Å². The fraction of sp³-hybridized carbons (Fsp3) is 0.524. The van der Waals surface area contributed by atoms with Crippen LogP contribution in [-0.4, -0.2) is 40.8 Å². The summed E-state index contributed by atoms with van der Waals surface area (Å²) >= 11 is 0. The van der Waals surface area contributed by atoms with Gasteiger partial charge in [0.15, 0.2) is 0 Å². The molecule has 170 valence electrons. The van der Waals surface area contributed by atoms with Crippen LogP contribution in [0.5, 0.6) is 0 Å². The first-order chi connectivity index (χ1) is 15.1. The number of anilines is 1. The number of nitriles is 1. The third kappa shape index (κ3) is 3.03. The number of hydrogen-bond acceptors (Lipinski definition) is 5. The molecule has 2 heterocycles. The molecule has 11 heteroatoms. The minimum Gasteiger partial charge on any atom is -0.361 e. The van der Waals surface area contributed by atoms with Gasteiger partial charge in [0.25, 0.3) is 0 Å². The van der Waals surface area contributed by atoms with Crippen LogP contribution in [0.3, 0.4) is 0 Å². The molecule has 0 radical (unpaired) electrons. The molecule has 3 saturated carbocycles. The maximum Gasteiger partial charge on any atom is 0.511 e. The molecule has 1 aliphatic heterocycles. The second-order valence-electron chi connectivity index (χ2n) is 9.15. The standard InChI is InChI=1S/C21H22F3N5O2S/c1-13-15(7-25)2-3-18-17(13)10-28(32(30,31)21(22,23)24)11-19(20-4-14(5-20)6-20)29(18)9-16-8-26-12-27-16/h2-3,8,12,14,19H,4-6,9-11H2,1H3,(H,26,27). The van der Waals surface area contributed by atoms with Crippen LogP contribution in [0.1, 0.15) is 41.6 Å². The third-order valence-corrected chi connectivity index (χ3v) is 8.95. The zero-order valence-electron chi connectivity index (χ0n) is 17.4. The van der Waals surface area contributed by atoms with Gasteiger partial charge in [0.1, 0.15) is 0 Å². The molecule has 4 aliphatic rings. The number of fused-ring (bicyclic) bond motifs is 1. The number of hydrogen-bond donors (Lipinski definition) is 1. The van der Waals surface area contributed by atoms with Crippen LogP contribution in [0.15, 0.2) is 24.7 Å². The predicted molar refractivity (Wildman–Crippen MR) is 110 cm³/mol.